The molecule has 0 saturated carbocycles. The van der Waals surface area contributed by atoms with Gasteiger partial charge in [-0.05, 0) is 47.3 Å². The molecule has 0 aliphatic heterocycles. The van der Waals surface area contributed by atoms with Gasteiger partial charge in [0, 0.05) is 16.3 Å². The Hall–Kier alpha value is -3.38. The Labute approximate surface area is 164 Å². The van der Waals surface area contributed by atoms with Gasteiger partial charge in [-0.25, -0.2) is 4.79 Å². The van der Waals surface area contributed by atoms with E-state index in [4.69, 9.17) is 13.9 Å². The Balaban J connectivity index is 1.60. The van der Waals surface area contributed by atoms with E-state index in [1.165, 1.54) is 11.3 Å². The van der Waals surface area contributed by atoms with Gasteiger partial charge in [0.2, 0.25) is 0 Å². The zero-order valence-corrected chi connectivity index (χ0v) is 15.8. The van der Waals surface area contributed by atoms with E-state index in [2.05, 4.69) is 0 Å². The van der Waals surface area contributed by atoms with Gasteiger partial charge in [0.1, 0.15) is 17.1 Å². The SMILES string of the molecule is COc1ccc(-c2cc3ccc(OC(=O)Cc4cccs4)cc3oc2=O)cc1. The summed E-state index contributed by atoms with van der Waals surface area (Å²) in [6.07, 6.45) is 0.204. The lowest BCUT2D eigenvalue weighted by atomic mass is 10.1. The van der Waals surface area contributed by atoms with Crippen LogP contribution >= 0.6 is 11.3 Å². The van der Waals surface area contributed by atoms with Crippen LogP contribution in [0.25, 0.3) is 22.1 Å². The molecule has 4 rings (SSSR count). The summed E-state index contributed by atoms with van der Waals surface area (Å²) < 4.78 is 16.0. The van der Waals surface area contributed by atoms with Crippen LogP contribution in [-0.4, -0.2) is 13.1 Å². The van der Waals surface area contributed by atoms with Crippen molar-refractivity contribution in [3.05, 3.63) is 81.3 Å². The van der Waals surface area contributed by atoms with Gasteiger partial charge in [-0.2, -0.15) is 0 Å². The zero-order valence-electron chi connectivity index (χ0n) is 15.0. The molecule has 5 nitrogen and oxygen atoms in total. The summed E-state index contributed by atoms with van der Waals surface area (Å²) in [6.45, 7) is 0. The minimum atomic E-state index is -0.459. The summed E-state index contributed by atoms with van der Waals surface area (Å²) in [5.41, 5.74) is 1.10. The second-order valence-electron chi connectivity index (χ2n) is 6.11. The summed E-state index contributed by atoms with van der Waals surface area (Å²) in [5.74, 6) is 0.691. The topological polar surface area (TPSA) is 65.7 Å². The molecular weight excluding hydrogens is 376 g/mol. The number of esters is 1. The van der Waals surface area contributed by atoms with Gasteiger partial charge in [-0.15, -0.1) is 11.3 Å². The fourth-order valence-electron chi connectivity index (χ4n) is 2.85. The molecule has 0 aliphatic carbocycles. The first kappa shape index (κ1) is 18.0. The molecule has 0 unspecified atom stereocenters. The van der Waals surface area contributed by atoms with Crippen LogP contribution in [0.4, 0.5) is 0 Å². The van der Waals surface area contributed by atoms with Gasteiger partial charge in [0.05, 0.1) is 19.1 Å². The highest BCUT2D eigenvalue weighted by atomic mass is 32.1. The van der Waals surface area contributed by atoms with Gasteiger partial charge < -0.3 is 13.9 Å². The van der Waals surface area contributed by atoms with E-state index < -0.39 is 5.63 Å². The summed E-state index contributed by atoms with van der Waals surface area (Å²) >= 11 is 1.50. The summed E-state index contributed by atoms with van der Waals surface area (Å²) in [6, 6.07) is 17.7. The van der Waals surface area contributed by atoms with Crippen LogP contribution in [0.5, 0.6) is 11.5 Å². The maximum Gasteiger partial charge on any atom is 0.344 e. The fraction of sp³-hybridized carbons (Fsp3) is 0.0909. The maximum atomic E-state index is 12.4. The Kier molecular flexibility index (Phi) is 4.95. The van der Waals surface area contributed by atoms with Crippen LogP contribution in [0.1, 0.15) is 4.88 Å². The molecule has 0 N–H and O–H groups in total. The Morgan fingerprint density at radius 1 is 1.04 bits per heavy atom. The molecule has 0 aliphatic rings. The van der Waals surface area contributed by atoms with Crippen molar-refractivity contribution in [1.29, 1.82) is 0 Å². The van der Waals surface area contributed by atoms with Crippen LogP contribution in [0, 0.1) is 0 Å². The molecule has 140 valence electrons. The number of fused-ring (bicyclic) bond motifs is 1. The monoisotopic (exact) mass is 392 g/mol. The number of thiophene rings is 1. The first-order valence-corrected chi connectivity index (χ1v) is 9.46. The maximum absolute atomic E-state index is 12.4. The van der Waals surface area contributed by atoms with E-state index in [9.17, 15) is 9.59 Å². The smallest absolute Gasteiger partial charge is 0.344 e. The number of ether oxygens (including phenoxy) is 2. The standard InChI is InChI=1S/C22H16O5S/c1-25-16-7-4-14(5-8-16)19-11-15-6-9-17(12-20(15)27-22(19)24)26-21(23)13-18-3-2-10-28-18/h2-12H,13H2,1H3. The molecule has 0 spiro atoms. The number of carbonyl (C=O) groups excluding carboxylic acids is 1. The summed E-state index contributed by atoms with van der Waals surface area (Å²) in [4.78, 5) is 25.4. The molecule has 2 heterocycles. The average molecular weight is 392 g/mol. The van der Waals surface area contributed by atoms with Crippen molar-refractivity contribution >= 4 is 28.3 Å². The van der Waals surface area contributed by atoms with Gasteiger partial charge in [-0.1, -0.05) is 18.2 Å². The third-order valence-electron chi connectivity index (χ3n) is 4.24. The Bertz CT molecular complexity index is 1170. The molecule has 0 radical (unpaired) electrons. The largest absolute Gasteiger partial charge is 0.497 e. The van der Waals surface area contributed by atoms with E-state index >= 15 is 0 Å². The Morgan fingerprint density at radius 2 is 1.82 bits per heavy atom. The van der Waals surface area contributed by atoms with E-state index in [0.29, 0.717) is 22.6 Å². The van der Waals surface area contributed by atoms with E-state index in [1.54, 1.807) is 55.6 Å². The van der Waals surface area contributed by atoms with Gasteiger partial charge in [-0.3, -0.25) is 4.79 Å². The quantitative estimate of drug-likeness (QED) is 0.280. The lowest BCUT2D eigenvalue weighted by Crippen LogP contribution is -2.10. The number of hydrogen-bond donors (Lipinski definition) is 0. The highest BCUT2D eigenvalue weighted by Gasteiger charge is 2.11. The lowest BCUT2D eigenvalue weighted by molar-refractivity contribution is -0.133. The van der Waals surface area contributed by atoms with E-state index in [1.807, 2.05) is 17.5 Å². The van der Waals surface area contributed by atoms with Crippen molar-refractivity contribution in [2.24, 2.45) is 0 Å². The molecule has 4 aromatic rings. The molecule has 0 saturated heterocycles. The normalized spacial score (nSPS) is 10.8. The molecule has 0 amide bonds. The van der Waals surface area contributed by atoms with Crippen molar-refractivity contribution in [2.45, 2.75) is 6.42 Å². The molecule has 0 bridgehead atoms. The number of hydrogen-bond acceptors (Lipinski definition) is 6. The summed E-state index contributed by atoms with van der Waals surface area (Å²) in [5, 5.41) is 2.65. The minimum absolute atomic E-state index is 0.204. The molecular formula is C22H16O5S. The van der Waals surface area contributed by atoms with Crippen LogP contribution in [0.15, 0.2) is 75.3 Å². The van der Waals surface area contributed by atoms with Crippen molar-refractivity contribution in [3.8, 4) is 22.6 Å². The van der Waals surface area contributed by atoms with Crippen molar-refractivity contribution < 1.29 is 18.7 Å². The summed E-state index contributed by atoms with van der Waals surface area (Å²) in [7, 11) is 1.59. The second-order valence-corrected chi connectivity index (χ2v) is 7.14. The van der Waals surface area contributed by atoms with Crippen molar-refractivity contribution in [1.82, 2.24) is 0 Å². The van der Waals surface area contributed by atoms with Crippen molar-refractivity contribution in [2.75, 3.05) is 7.11 Å². The second kappa shape index (κ2) is 7.70. The molecule has 28 heavy (non-hydrogen) atoms. The Morgan fingerprint density at radius 3 is 2.54 bits per heavy atom. The van der Waals surface area contributed by atoms with Crippen LogP contribution in [0.2, 0.25) is 0 Å². The number of rotatable bonds is 5. The minimum Gasteiger partial charge on any atom is -0.497 e. The van der Waals surface area contributed by atoms with Crippen LogP contribution < -0.4 is 15.1 Å². The molecule has 0 atom stereocenters. The fourth-order valence-corrected chi connectivity index (χ4v) is 3.54. The molecule has 6 heteroatoms. The number of carbonyl (C=O) groups is 1. The highest BCUT2D eigenvalue weighted by Crippen LogP contribution is 2.26. The van der Waals surface area contributed by atoms with Crippen LogP contribution in [0.3, 0.4) is 0 Å². The van der Waals surface area contributed by atoms with Gasteiger partial charge in [0.25, 0.3) is 0 Å². The van der Waals surface area contributed by atoms with E-state index in [-0.39, 0.29) is 12.4 Å². The molecule has 2 aromatic carbocycles. The predicted octanol–water partition coefficient (Wildman–Crippen LogP) is 4.68. The van der Waals surface area contributed by atoms with Crippen molar-refractivity contribution in [3.63, 3.8) is 0 Å². The third-order valence-corrected chi connectivity index (χ3v) is 5.12. The first-order valence-electron chi connectivity index (χ1n) is 8.58. The van der Waals surface area contributed by atoms with Gasteiger partial charge in [0.15, 0.2) is 0 Å². The predicted molar refractivity (Wildman–Crippen MR) is 108 cm³/mol. The number of methoxy groups -OCH3 is 1. The third kappa shape index (κ3) is 3.82. The molecule has 0 fully saturated rings. The lowest BCUT2D eigenvalue weighted by Gasteiger charge is -2.06. The molecule has 2 aromatic heterocycles. The first-order chi connectivity index (χ1) is 13.6. The van der Waals surface area contributed by atoms with E-state index in [0.717, 1.165) is 15.8 Å². The number of benzene rings is 2. The van der Waals surface area contributed by atoms with Crippen LogP contribution in [-0.2, 0) is 11.2 Å². The average Bonchev–Trinajstić information content (AvgIpc) is 3.20. The zero-order chi connectivity index (χ0) is 19.5. The van der Waals surface area contributed by atoms with Gasteiger partial charge >= 0.3 is 11.6 Å². The highest BCUT2D eigenvalue weighted by molar-refractivity contribution is 7.10.